The fraction of sp³-hybridized carbons (Fsp3) is 0.138. The molecule has 0 spiro atoms. The molecule has 0 atom stereocenters. The summed E-state index contributed by atoms with van der Waals surface area (Å²) in [7, 11) is 1.57. The number of benzene rings is 4. The number of fused-ring (bicyclic) bond motifs is 1. The van der Waals surface area contributed by atoms with E-state index < -0.39 is 5.91 Å². The van der Waals surface area contributed by atoms with Gasteiger partial charge in [-0.2, -0.15) is 5.10 Å². The van der Waals surface area contributed by atoms with Gasteiger partial charge >= 0.3 is 0 Å². The third-order valence-electron chi connectivity index (χ3n) is 5.65. The molecule has 4 aromatic carbocycles. The summed E-state index contributed by atoms with van der Waals surface area (Å²) in [6, 6.07) is 26.9. The molecule has 2 N–H and O–H groups in total. The third-order valence-corrected chi connectivity index (χ3v) is 5.65. The highest BCUT2D eigenvalue weighted by molar-refractivity contribution is 5.97. The molecule has 4 aromatic rings. The van der Waals surface area contributed by atoms with Gasteiger partial charge in [0.2, 0.25) is 0 Å². The Hall–Kier alpha value is -4.65. The summed E-state index contributed by atoms with van der Waals surface area (Å²) in [5, 5.41) is 8.87. The molecule has 7 heteroatoms. The van der Waals surface area contributed by atoms with Gasteiger partial charge in [0.25, 0.3) is 11.8 Å². The number of nitrogens with zero attached hydrogens (tertiary/aromatic N) is 1. The zero-order chi connectivity index (χ0) is 25.3. The van der Waals surface area contributed by atoms with E-state index >= 15 is 0 Å². The molecule has 0 unspecified atom stereocenters. The standard InChI is InChI=1S/C29H27N3O4/c1-20-8-3-5-12-24(20)29(34)30-18-28(33)32-31-17-21-14-15-26(27(16-21)35-2)36-19-23-11-7-10-22-9-4-6-13-25(22)23/h3-17H,18-19H2,1-2H3,(H,30,34)(H,32,33). The predicted molar refractivity (Wildman–Crippen MR) is 141 cm³/mol. The van der Waals surface area contributed by atoms with Crippen molar-refractivity contribution >= 4 is 28.8 Å². The van der Waals surface area contributed by atoms with Crippen LogP contribution in [0, 0.1) is 6.92 Å². The van der Waals surface area contributed by atoms with E-state index in [4.69, 9.17) is 9.47 Å². The minimum atomic E-state index is -0.435. The summed E-state index contributed by atoms with van der Waals surface area (Å²) in [4.78, 5) is 24.3. The summed E-state index contributed by atoms with van der Waals surface area (Å²) >= 11 is 0. The van der Waals surface area contributed by atoms with Gasteiger partial charge in [0.15, 0.2) is 11.5 Å². The fourth-order valence-electron chi connectivity index (χ4n) is 3.76. The number of rotatable bonds is 9. The highest BCUT2D eigenvalue weighted by atomic mass is 16.5. The number of aryl methyl sites for hydroxylation is 1. The Balaban J connectivity index is 1.32. The van der Waals surface area contributed by atoms with E-state index in [1.165, 1.54) is 6.21 Å². The normalized spacial score (nSPS) is 10.8. The van der Waals surface area contributed by atoms with Crippen LogP contribution >= 0.6 is 0 Å². The number of hydrogen-bond donors (Lipinski definition) is 2. The molecule has 0 radical (unpaired) electrons. The van der Waals surface area contributed by atoms with Gasteiger partial charge in [0.05, 0.1) is 19.9 Å². The maximum Gasteiger partial charge on any atom is 0.259 e. The quantitative estimate of drug-likeness (QED) is 0.270. The lowest BCUT2D eigenvalue weighted by atomic mass is 10.1. The van der Waals surface area contributed by atoms with Crippen molar-refractivity contribution in [1.82, 2.24) is 10.7 Å². The molecular weight excluding hydrogens is 454 g/mol. The van der Waals surface area contributed by atoms with Crippen molar-refractivity contribution in [2.75, 3.05) is 13.7 Å². The van der Waals surface area contributed by atoms with Crippen LogP contribution in [0.1, 0.15) is 27.0 Å². The summed E-state index contributed by atoms with van der Waals surface area (Å²) in [6.45, 7) is 2.05. The van der Waals surface area contributed by atoms with Crippen molar-refractivity contribution in [2.24, 2.45) is 5.10 Å². The molecule has 2 amide bonds. The lowest BCUT2D eigenvalue weighted by Crippen LogP contribution is -2.35. The summed E-state index contributed by atoms with van der Waals surface area (Å²) in [6.07, 6.45) is 1.50. The van der Waals surface area contributed by atoms with Crippen LogP contribution in [0.25, 0.3) is 10.8 Å². The van der Waals surface area contributed by atoms with Gasteiger partial charge in [0.1, 0.15) is 6.61 Å². The van der Waals surface area contributed by atoms with Crippen LogP contribution in [0.3, 0.4) is 0 Å². The van der Waals surface area contributed by atoms with Crippen LogP contribution in [-0.4, -0.2) is 31.7 Å². The zero-order valence-electron chi connectivity index (χ0n) is 20.2. The van der Waals surface area contributed by atoms with E-state index in [1.54, 1.807) is 31.4 Å². The Morgan fingerprint density at radius 2 is 1.69 bits per heavy atom. The second-order valence-electron chi connectivity index (χ2n) is 8.13. The fourth-order valence-corrected chi connectivity index (χ4v) is 3.76. The molecule has 182 valence electrons. The van der Waals surface area contributed by atoms with Crippen LogP contribution < -0.4 is 20.2 Å². The molecule has 0 bridgehead atoms. The third kappa shape index (κ3) is 6.07. The monoisotopic (exact) mass is 481 g/mol. The van der Waals surface area contributed by atoms with E-state index in [9.17, 15) is 9.59 Å². The van der Waals surface area contributed by atoms with Gasteiger partial charge in [-0.1, -0.05) is 60.7 Å². The Kier molecular flexibility index (Phi) is 7.93. The summed E-state index contributed by atoms with van der Waals surface area (Å²) < 4.78 is 11.5. The molecule has 0 aliphatic heterocycles. The van der Waals surface area contributed by atoms with Crippen LogP contribution in [0.2, 0.25) is 0 Å². The second-order valence-corrected chi connectivity index (χ2v) is 8.13. The van der Waals surface area contributed by atoms with Crippen molar-refractivity contribution in [2.45, 2.75) is 13.5 Å². The molecule has 0 aliphatic rings. The second kappa shape index (κ2) is 11.7. The Labute approximate surface area is 209 Å². The Morgan fingerprint density at radius 3 is 2.53 bits per heavy atom. The van der Waals surface area contributed by atoms with Crippen molar-refractivity contribution in [3.8, 4) is 11.5 Å². The highest BCUT2D eigenvalue weighted by Crippen LogP contribution is 2.29. The zero-order valence-corrected chi connectivity index (χ0v) is 20.2. The Bertz CT molecular complexity index is 1410. The molecule has 0 heterocycles. The van der Waals surface area contributed by atoms with Gasteiger partial charge < -0.3 is 14.8 Å². The molecule has 7 nitrogen and oxygen atoms in total. The largest absolute Gasteiger partial charge is 0.493 e. The molecule has 0 aliphatic carbocycles. The maximum atomic E-state index is 12.2. The smallest absolute Gasteiger partial charge is 0.259 e. The SMILES string of the molecule is COc1cc(C=NNC(=O)CNC(=O)c2ccccc2C)ccc1OCc1cccc2ccccc12. The molecular formula is C29H27N3O4. The average Bonchev–Trinajstić information content (AvgIpc) is 2.91. The summed E-state index contributed by atoms with van der Waals surface area (Å²) in [5.41, 5.74) is 5.58. The van der Waals surface area contributed by atoms with Gasteiger partial charge in [-0.15, -0.1) is 0 Å². The van der Waals surface area contributed by atoms with E-state index in [-0.39, 0.29) is 12.5 Å². The predicted octanol–water partition coefficient (Wildman–Crippen LogP) is 4.62. The van der Waals surface area contributed by atoms with Gasteiger partial charge in [-0.25, -0.2) is 5.43 Å². The number of amides is 2. The molecule has 0 saturated heterocycles. The first-order chi connectivity index (χ1) is 17.5. The van der Waals surface area contributed by atoms with E-state index in [0.717, 1.165) is 21.9 Å². The van der Waals surface area contributed by atoms with E-state index in [2.05, 4.69) is 34.0 Å². The van der Waals surface area contributed by atoms with Gasteiger partial charge in [0, 0.05) is 5.56 Å². The number of ether oxygens (including phenoxy) is 2. The topological polar surface area (TPSA) is 89.0 Å². The molecule has 36 heavy (non-hydrogen) atoms. The number of hydrazone groups is 1. The number of carbonyl (C=O) groups excluding carboxylic acids is 2. The van der Waals surface area contributed by atoms with Crippen LogP contribution in [0.15, 0.2) is 90.0 Å². The Morgan fingerprint density at radius 1 is 0.917 bits per heavy atom. The first-order valence-corrected chi connectivity index (χ1v) is 11.5. The van der Waals surface area contributed by atoms with Crippen LogP contribution in [0.4, 0.5) is 0 Å². The number of methoxy groups -OCH3 is 1. The number of carbonyl (C=O) groups is 2. The minimum absolute atomic E-state index is 0.186. The lowest BCUT2D eigenvalue weighted by molar-refractivity contribution is -0.120. The van der Waals surface area contributed by atoms with Crippen molar-refractivity contribution in [3.63, 3.8) is 0 Å². The summed E-state index contributed by atoms with van der Waals surface area (Å²) in [5.74, 6) is 0.410. The first kappa shape index (κ1) is 24.5. The maximum absolute atomic E-state index is 12.2. The van der Waals surface area contributed by atoms with Crippen molar-refractivity contribution < 1.29 is 19.1 Å². The highest BCUT2D eigenvalue weighted by Gasteiger charge is 2.10. The molecule has 0 fully saturated rings. The van der Waals surface area contributed by atoms with Gasteiger partial charge in [-0.05, 0) is 58.7 Å². The average molecular weight is 482 g/mol. The van der Waals surface area contributed by atoms with Crippen LogP contribution in [0.5, 0.6) is 11.5 Å². The minimum Gasteiger partial charge on any atom is -0.493 e. The molecule has 0 saturated carbocycles. The van der Waals surface area contributed by atoms with Crippen molar-refractivity contribution in [3.05, 3.63) is 107 Å². The van der Waals surface area contributed by atoms with Crippen molar-refractivity contribution in [1.29, 1.82) is 0 Å². The van der Waals surface area contributed by atoms with Crippen LogP contribution in [-0.2, 0) is 11.4 Å². The van der Waals surface area contributed by atoms with E-state index in [0.29, 0.717) is 29.2 Å². The van der Waals surface area contributed by atoms with E-state index in [1.807, 2.05) is 49.4 Å². The number of hydrogen-bond acceptors (Lipinski definition) is 5. The number of nitrogens with one attached hydrogen (secondary N) is 2. The molecule has 0 aromatic heterocycles. The first-order valence-electron chi connectivity index (χ1n) is 11.5. The molecule has 4 rings (SSSR count). The lowest BCUT2D eigenvalue weighted by Gasteiger charge is -2.12. The van der Waals surface area contributed by atoms with Gasteiger partial charge in [-0.3, -0.25) is 9.59 Å².